The molecule has 0 unspecified atom stereocenters. The van der Waals surface area contributed by atoms with Crippen LogP contribution in [0.1, 0.15) is 0 Å². The Kier molecular flexibility index (Phi) is 14.0. The fraction of sp³-hybridized carbons (Fsp3) is 0.217. The van der Waals surface area contributed by atoms with Gasteiger partial charge >= 0.3 is 6.36 Å². The smallest absolute Gasteiger partial charge is 0.493 e. The molecule has 4 aromatic carbocycles. The van der Waals surface area contributed by atoms with Gasteiger partial charge < -0.3 is 58.0 Å². The number of nitrogens with one attached hydrogen (secondary N) is 2. The monoisotopic (exact) mass is 926 g/mol. The summed E-state index contributed by atoms with van der Waals surface area (Å²) in [6, 6.07) is 19.9. The van der Waals surface area contributed by atoms with E-state index in [0.29, 0.717) is 91.5 Å². The topological polar surface area (TPSA) is 177 Å². The lowest BCUT2D eigenvalue weighted by molar-refractivity contribution is -0.274. The number of hydrogen-bond donors (Lipinski definition) is 2. The molecule has 21 heteroatoms. The largest absolute Gasteiger partial charge is 0.573 e. The van der Waals surface area contributed by atoms with Crippen molar-refractivity contribution in [1.29, 1.82) is 0 Å². The normalized spacial score (nSPS) is 11.0. The standard InChI is InChI=1S/C24H26N4O6.C22H19F3N4O4/c1-29-17-9-14(10-18(30-2)22(17)33-5)16-13-25-28-8-7-21(27-24(16)28)26-15-11-19(31-3)23(34-6)20(12-15)32-4;1-30-17-10-14(11-18(31-2)20(17)32-3)27-19-8-9-29-21(28-19)16(12-26-29)13-4-6-15(7-5-13)33-22(23,24)25/h7-13H,1-6H3,(H,26,27);4-12H,1-3H3,(H,27,28). The van der Waals surface area contributed by atoms with E-state index in [9.17, 15) is 13.2 Å². The first-order valence-electron chi connectivity index (χ1n) is 19.9. The highest BCUT2D eigenvalue weighted by Gasteiger charge is 2.31. The third-order valence-corrected chi connectivity index (χ3v) is 9.99. The minimum absolute atomic E-state index is 0.305. The Labute approximate surface area is 381 Å². The van der Waals surface area contributed by atoms with Gasteiger partial charge in [-0.2, -0.15) is 10.2 Å². The lowest BCUT2D eigenvalue weighted by Crippen LogP contribution is -2.16. The molecule has 8 aromatic rings. The molecule has 18 nitrogen and oxygen atoms in total. The van der Waals surface area contributed by atoms with Crippen LogP contribution in [0, 0.1) is 0 Å². The van der Waals surface area contributed by atoms with E-state index in [0.717, 1.165) is 16.8 Å². The summed E-state index contributed by atoms with van der Waals surface area (Å²) < 4.78 is 93.2. The maximum absolute atomic E-state index is 12.4. The van der Waals surface area contributed by atoms with Crippen molar-refractivity contribution in [3.8, 4) is 79.7 Å². The molecule has 0 atom stereocenters. The Balaban J connectivity index is 0.000000199. The van der Waals surface area contributed by atoms with Crippen molar-refractivity contribution < 1.29 is 60.5 Å². The second-order valence-corrected chi connectivity index (χ2v) is 13.8. The fourth-order valence-corrected chi connectivity index (χ4v) is 6.96. The molecule has 4 heterocycles. The van der Waals surface area contributed by atoms with Crippen molar-refractivity contribution in [2.75, 3.05) is 74.6 Å². The second kappa shape index (κ2) is 20.1. The van der Waals surface area contributed by atoms with Gasteiger partial charge in [-0.05, 0) is 47.5 Å². The van der Waals surface area contributed by atoms with Crippen LogP contribution < -0.4 is 58.0 Å². The number of benzene rings is 4. The molecular formula is C46H45F3N8O10. The van der Waals surface area contributed by atoms with Crippen LogP contribution in [0.25, 0.3) is 33.5 Å². The van der Waals surface area contributed by atoms with Gasteiger partial charge in [0.2, 0.25) is 17.2 Å². The third kappa shape index (κ3) is 10.1. The summed E-state index contributed by atoms with van der Waals surface area (Å²) in [7, 11) is 14.0. The minimum atomic E-state index is -4.75. The van der Waals surface area contributed by atoms with Crippen LogP contribution in [0.5, 0.6) is 57.5 Å². The van der Waals surface area contributed by atoms with Gasteiger partial charge in [0.05, 0.1) is 76.4 Å². The third-order valence-electron chi connectivity index (χ3n) is 9.99. The lowest BCUT2D eigenvalue weighted by Gasteiger charge is -2.15. The zero-order valence-corrected chi connectivity index (χ0v) is 37.6. The van der Waals surface area contributed by atoms with Gasteiger partial charge in [0.1, 0.15) is 17.4 Å². The number of ether oxygens (including phenoxy) is 10. The summed E-state index contributed by atoms with van der Waals surface area (Å²) >= 11 is 0. The fourth-order valence-electron chi connectivity index (χ4n) is 6.96. The van der Waals surface area contributed by atoms with Crippen LogP contribution in [0.2, 0.25) is 0 Å². The summed E-state index contributed by atoms with van der Waals surface area (Å²) in [5.74, 6) is 5.42. The highest BCUT2D eigenvalue weighted by atomic mass is 19.4. The van der Waals surface area contributed by atoms with E-state index in [4.69, 9.17) is 47.6 Å². The Hall–Kier alpha value is -8.49. The van der Waals surface area contributed by atoms with E-state index >= 15 is 0 Å². The van der Waals surface area contributed by atoms with Crippen molar-refractivity contribution in [3.63, 3.8) is 0 Å². The minimum Gasteiger partial charge on any atom is -0.493 e. The maximum atomic E-state index is 12.4. The maximum Gasteiger partial charge on any atom is 0.573 e. The molecule has 0 saturated carbocycles. The quantitative estimate of drug-likeness (QED) is 0.0936. The van der Waals surface area contributed by atoms with Gasteiger partial charge in [-0.3, -0.25) is 0 Å². The Morgan fingerprint density at radius 2 is 0.806 bits per heavy atom. The average Bonchev–Trinajstić information content (AvgIpc) is 3.97. The summed E-state index contributed by atoms with van der Waals surface area (Å²) in [4.78, 5) is 9.39. The van der Waals surface area contributed by atoms with Gasteiger partial charge in [-0.1, -0.05) is 12.1 Å². The molecule has 0 radical (unpaired) electrons. The van der Waals surface area contributed by atoms with Gasteiger partial charge in [-0.25, -0.2) is 19.0 Å². The average molecular weight is 927 g/mol. The van der Waals surface area contributed by atoms with Crippen LogP contribution in [0.4, 0.5) is 36.2 Å². The molecule has 0 aliphatic heterocycles. The van der Waals surface area contributed by atoms with Gasteiger partial charge in [-0.15, -0.1) is 13.2 Å². The molecule has 0 fully saturated rings. The number of anilines is 4. The zero-order chi connectivity index (χ0) is 47.8. The molecule has 67 heavy (non-hydrogen) atoms. The Bertz CT molecular complexity index is 2920. The molecule has 0 amide bonds. The van der Waals surface area contributed by atoms with Crippen LogP contribution in [0.3, 0.4) is 0 Å². The van der Waals surface area contributed by atoms with Crippen molar-refractivity contribution in [2.24, 2.45) is 0 Å². The van der Waals surface area contributed by atoms with Crippen molar-refractivity contribution in [3.05, 3.63) is 97.6 Å². The lowest BCUT2D eigenvalue weighted by atomic mass is 10.1. The predicted molar refractivity (Wildman–Crippen MR) is 242 cm³/mol. The first-order valence-corrected chi connectivity index (χ1v) is 19.9. The predicted octanol–water partition coefficient (Wildman–Crippen LogP) is 9.26. The number of hydrogen-bond acceptors (Lipinski definition) is 16. The van der Waals surface area contributed by atoms with Gasteiger partial charge in [0.25, 0.3) is 0 Å². The van der Waals surface area contributed by atoms with Crippen LogP contribution in [-0.2, 0) is 0 Å². The van der Waals surface area contributed by atoms with Crippen LogP contribution in [-0.4, -0.2) is 99.5 Å². The number of aromatic nitrogens is 6. The zero-order valence-electron chi connectivity index (χ0n) is 37.6. The van der Waals surface area contributed by atoms with E-state index in [1.807, 2.05) is 36.5 Å². The van der Waals surface area contributed by atoms with Crippen LogP contribution >= 0.6 is 0 Å². The summed E-state index contributed by atoms with van der Waals surface area (Å²) in [6.45, 7) is 0. The molecule has 0 spiro atoms. The number of alkyl halides is 3. The molecule has 0 aliphatic rings. The van der Waals surface area contributed by atoms with Gasteiger partial charge in [0.15, 0.2) is 45.8 Å². The molecule has 0 aliphatic carbocycles. The molecule has 2 N–H and O–H groups in total. The first-order chi connectivity index (χ1) is 32.4. The van der Waals surface area contributed by atoms with E-state index in [1.54, 1.807) is 88.5 Å². The van der Waals surface area contributed by atoms with Crippen LogP contribution in [0.15, 0.2) is 97.6 Å². The molecule has 4 aromatic heterocycles. The number of methoxy groups -OCH3 is 9. The van der Waals surface area contributed by atoms with E-state index in [-0.39, 0.29) is 5.75 Å². The van der Waals surface area contributed by atoms with Crippen molar-refractivity contribution in [2.45, 2.75) is 6.36 Å². The molecule has 0 bridgehead atoms. The number of fused-ring (bicyclic) bond motifs is 2. The van der Waals surface area contributed by atoms with E-state index < -0.39 is 6.36 Å². The summed E-state index contributed by atoms with van der Waals surface area (Å²) in [5, 5.41) is 15.2. The second-order valence-electron chi connectivity index (χ2n) is 13.8. The number of rotatable bonds is 16. The SMILES string of the molecule is COc1cc(Nc2ccn3ncc(-c4cc(OC)c(OC)c(OC)c4)c3n2)cc(OC)c1OC.COc1cc(Nc2ccn3ncc(-c4ccc(OC(F)(F)F)cc4)c3n2)cc(OC)c1OC. The van der Waals surface area contributed by atoms with Crippen molar-refractivity contribution in [1.82, 2.24) is 29.2 Å². The first kappa shape index (κ1) is 46.5. The highest BCUT2D eigenvalue weighted by molar-refractivity contribution is 5.82. The summed E-state index contributed by atoms with van der Waals surface area (Å²) in [6.07, 6.45) is 2.12. The number of nitrogens with zero attached hydrogens (tertiary/aromatic N) is 6. The molecule has 0 saturated heterocycles. The van der Waals surface area contributed by atoms with Crippen molar-refractivity contribution >= 4 is 34.3 Å². The molecular weight excluding hydrogens is 882 g/mol. The Morgan fingerprint density at radius 1 is 0.448 bits per heavy atom. The number of halogens is 3. The van der Waals surface area contributed by atoms with E-state index in [2.05, 4.69) is 30.6 Å². The highest BCUT2D eigenvalue weighted by Crippen LogP contribution is 2.44. The molecule has 8 rings (SSSR count). The Morgan fingerprint density at radius 3 is 1.15 bits per heavy atom. The van der Waals surface area contributed by atoms with Gasteiger partial charge in [0, 0.05) is 59.2 Å². The molecule has 350 valence electrons. The van der Waals surface area contributed by atoms with E-state index in [1.165, 1.54) is 45.6 Å². The summed E-state index contributed by atoms with van der Waals surface area (Å²) in [5.41, 5.74) is 5.42.